The molecule has 1 heterocycles. The molecular weight excluding hydrogens is 440 g/mol. The first-order chi connectivity index (χ1) is 15.8. The number of amides is 1. The molecule has 0 spiro atoms. The average Bonchev–Trinajstić information content (AvgIpc) is 3.05. The van der Waals surface area contributed by atoms with Crippen LogP contribution in [0.1, 0.15) is 15.9 Å². The molecule has 0 aliphatic rings. The molecule has 0 aliphatic heterocycles. The molecule has 1 amide bonds. The molecule has 3 aromatic carbocycles. The van der Waals surface area contributed by atoms with Crippen LogP contribution in [0.4, 0.5) is 11.4 Å². The lowest BCUT2D eigenvalue weighted by molar-refractivity contribution is 0.0995. The van der Waals surface area contributed by atoms with Gasteiger partial charge in [0.25, 0.3) is 5.91 Å². The summed E-state index contributed by atoms with van der Waals surface area (Å²) in [6.07, 6.45) is 1.09. The van der Waals surface area contributed by atoms with Gasteiger partial charge in [0.1, 0.15) is 0 Å². The molecule has 0 saturated heterocycles. The SMILES string of the molecule is Cn1c(O)c(N=NC(=O)c2ccccc2N(Cc2ccccc2)S(C)(=O)=O)c2ccccc21. The van der Waals surface area contributed by atoms with Gasteiger partial charge >= 0.3 is 0 Å². The summed E-state index contributed by atoms with van der Waals surface area (Å²) in [7, 11) is -2.02. The maximum atomic E-state index is 13.0. The van der Waals surface area contributed by atoms with Crippen LogP contribution >= 0.6 is 0 Å². The lowest BCUT2D eigenvalue weighted by Gasteiger charge is -2.24. The molecular formula is C24H22N4O4S. The lowest BCUT2D eigenvalue weighted by Crippen LogP contribution is -2.30. The molecule has 33 heavy (non-hydrogen) atoms. The number of anilines is 1. The Morgan fingerprint density at radius 2 is 1.61 bits per heavy atom. The van der Waals surface area contributed by atoms with E-state index in [-0.39, 0.29) is 29.4 Å². The van der Waals surface area contributed by atoms with Crippen molar-refractivity contribution in [2.24, 2.45) is 17.3 Å². The number of carbonyl (C=O) groups is 1. The number of aryl methyl sites for hydroxylation is 1. The zero-order valence-electron chi connectivity index (χ0n) is 18.1. The van der Waals surface area contributed by atoms with Crippen LogP contribution in [0.2, 0.25) is 0 Å². The Bertz CT molecular complexity index is 1460. The first kappa shape index (κ1) is 22.2. The standard InChI is InChI=1S/C24H22N4O4S/c1-27-20-14-8-6-12-18(20)22(24(27)30)25-26-23(29)19-13-7-9-15-21(19)28(33(2,31)32)16-17-10-4-3-5-11-17/h3-15,30H,16H2,1-2H3. The minimum Gasteiger partial charge on any atom is -0.493 e. The number of para-hydroxylation sites is 2. The highest BCUT2D eigenvalue weighted by molar-refractivity contribution is 7.92. The van der Waals surface area contributed by atoms with Crippen LogP contribution in [-0.4, -0.2) is 30.3 Å². The smallest absolute Gasteiger partial charge is 0.297 e. The Kier molecular flexibility index (Phi) is 5.97. The molecule has 8 nitrogen and oxygen atoms in total. The predicted octanol–water partition coefficient (Wildman–Crippen LogP) is 4.77. The molecule has 4 aromatic rings. The number of aromatic nitrogens is 1. The highest BCUT2D eigenvalue weighted by Crippen LogP contribution is 2.38. The molecule has 0 saturated carbocycles. The molecule has 1 aromatic heterocycles. The molecule has 0 atom stereocenters. The summed E-state index contributed by atoms with van der Waals surface area (Å²) < 4.78 is 27.9. The fourth-order valence-corrected chi connectivity index (χ4v) is 4.51. The van der Waals surface area contributed by atoms with Gasteiger partial charge in [-0.3, -0.25) is 9.10 Å². The number of nitrogens with zero attached hydrogens (tertiary/aromatic N) is 4. The molecule has 1 N–H and O–H groups in total. The fourth-order valence-electron chi connectivity index (χ4n) is 3.61. The van der Waals surface area contributed by atoms with E-state index in [4.69, 9.17) is 0 Å². The van der Waals surface area contributed by atoms with Crippen LogP contribution < -0.4 is 4.31 Å². The summed E-state index contributed by atoms with van der Waals surface area (Å²) in [5.41, 5.74) is 1.97. The molecule has 0 fully saturated rings. The van der Waals surface area contributed by atoms with Crippen molar-refractivity contribution in [3.05, 3.63) is 90.0 Å². The number of fused-ring (bicyclic) bond motifs is 1. The van der Waals surface area contributed by atoms with Crippen LogP contribution in [-0.2, 0) is 23.6 Å². The number of aromatic hydroxyl groups is 1. The minimum atomic E-state index is -3.71. The van der Waals surface area contributed by atoms with Gasteiger partial charge in [0.15, 0.2) is 5.69 Å². The third-order valence-corrected chi connectivity index (χ3v) is 6.39. The van der Waals surface area contributed by atoms with Gasteiger partial charge in [-0.15, -0.1) is 10.2 Å². The van der Waals surface area contributed by atoms with Crippen LogP contribution in [0, 0.1) is 0 Å². The molecule has 4 rings (SSSR count). The van der Waals surface area contributed by atoms with Crippen LogP contribution in [0.15, 0.2) is 89.1 Å². The van der Waals surface area contributed by atoms with Crippen LogP contribution in [0.25, 0.3) is 10.9 Å². The van der Waals surface area contributed by atoms with Gasteiger partial charge in [-0.1, -0.05) is 60.7 Å². The van der Waals surface area contributed by atoms with E-state index in [0.717, 1.165) is 17.3 Å². The number of sulfonamides is 1. The Hall–Kier alpha value is -3.98. The number of azo groups is 1. The summed E-state index contributed by atoms with van der Waals surface area (Å²) in [5.74, 6) is -0.845. The second-order valence-electron chi connectivity index (χ2n) is 7.53. The second kappa shape index (κ2) is 8.87. The van der Waals surface area contributed by atoms with Gasteiger partial charge in [-0.25, -0.2) is 8.42 Å². The van der Waals surface area contributed by atoms with Crippen molar-refractivity contribution in [3.8, 4) is 5.88 Å². The number of hydrogen-bond donors (Lipinski definition) is 1. The quantitative estimate of drug-likeness (QED) is 0.417. The summed E-state index contributed by atoms with van der Waals surface area (Å²) in [6, 6.07) is 22.7. The molecule has 168 valence electrons. The van der Waals surface area contributed by atoms with Crippen LogP contribution in [0.5, 0.6) is 5.88 Å². The van der Waals surface area contributed by atoms with Crippen molar-refractivity contribution < 1.29 is 18.3 Å². The van der Waals surface area contributed by atoms with E-state index in [1.54, 1.807) is 41.9 Å². The van der Waals surface area contributed by atoms with E-state index in [1.807, 2.05) is 42.5 Å². The predicted molar refractivity (Wildman–Crippen MR) is 127 cm³/mol. The van der Waals surface area contributed by atoms with Crippen molar-refractivity contribution in [3.63, 3.8) is 0 Å². The van der Waals surface area contributed by atoms with Crippen molar-refractivity contribution in [1.29, 1.82) is 0 Å². The highest BCUT2D eigenvalue weighted by atomic mass is 32.2. The third-order valence-electron chi connectivity index (χ3n) is 5.26. The van der Waals surface area contributed by atoms with Gasteiger partial charge in [0, 0.05) is 12.4 Å². The molecule has 0 bridgehead atoms. The molecule has 0 radical (unpaired) electrons. The Labute approximate surface area is 191 Å². The van der Waals surface area contributed by atoms with Gasteiger partial charge in [-0.05, 0) is 23.8 Å². The highest BCUT2D eigenvalue weighted by Gasteiger charge is 2.24. The zero-order valence-corrected chi connectivity index (χ0v) is 18.9. The van der Waals surface area contributed by atoms with E-state index < -0.39 is 15.9 Å². The summed E-state index contributed by atoms with van der Waals surface area (Å²) in [4.78, 5) is 13.0. The summed E-state index contributed by atoms with van der Waals surface area (Å²) in [6.45, 7) is 0.0607. The van der Waals surface area contributed by atoms with E-state index in [2.05, 4.69) is 10.2 Å². The summed E-state index contributed by atoms with van der Waals surface area (Å²) in [5, 5.41) is 18.9. The third kappa shape index (κ3) is 4.49. The van der Waals surface area contributed by atoms with Crippen molar-refractivity contribution in [2.45, 2.75) is 6.54 Å². The molecule has 0 aliphatic carbocycles. The maximum absolute atomic E-state index is 13.0. The Balaban J connectivity index is 1.73. The monoisotopic (exact) mass is 462 g/mol. The first-order valence-electron chi connectivity index (χ1n) is 10.1. The van der Waals surface area contributed by atoms with Crippen molar-refractivity contribution >= 4 is 38.2 Å². The number of hydrogen-bond acceptors (Lipinski definition) is 5. The molecule has 0 unspecified atom stereocenters. The van der Waals surface area contributed by atoms with Crippen LogP contribution in [0.3, 0.4) is 0 Å². The van der Waals surface area contributed by atoms with Gasteiger partial charge in [-0.2, -0.15) is 0 Å². The Morgan fingerprint density at radius 3 is 2.33 bits per heavy atom. The number of benzene rings is 3. The van der Waals surface area contributed by atoms with Gasteiger partial charge in [0.05, 0.1) is 29.6 Å². The first-order valence-corrected chi connectivity index (χ1v) is 12.0. The minimum absolute atomic E-state index is 0.0607. The van der Waals surface area contributed by atoms with E-state index in [9.17, 15) is 18.3 Å². The van der Waals surface area contributed by atoms with Gasteiger partial charge < -0.3 is 9.67 Å². The lowest BCUT2D eigenvalue weighted by atomic mass is 10.1. The normalized spacial score (nSPS) is 11.8. The molecule has 9 heteroatoms. The average molecular weight is 463 g/mol. The van der Waals surface area contributed by atoms with E-state index in [1.165, 1.54) is 10.4 Å². The van der Waals surface area contributed by atoms with Gasteiger partial charge in [0.2, 0.25) is 15.9 Å². The number of carbonyl (C=O) groups excluding carboxylic acids is 1. The van der Waals surface area contributed by atoms with Crippen molar-refractivity contribution in [2.75, 3.05) is 10.6 Å². The largest absolute Gasteiger partial charge is 0.493 e. The summed E-state index contributed by atoms with van der Waals surface area (Å²) >= 11 is 0. The van der Waals surface area contributed by atoms with E-state index in [0.29, 0.717) is 5.39 Å². The van der Waals surface area contributed by atoms with E-state index >= 15 is 0 Å². The zero-order chi connectivity index (χ0) is 23.6. The topological polar surface area (TPSA) is 104 Å². The maximum Gasteiger partial charge on any atom is 0.297 e. The fraction of sp³-hybridized carbons (Fsp3) is 0.125. The second-order valence-corrected chi connectivity index (χ2v) is 9.43. The number of rotatable bonds is 6. The Morgan fingerprint density at radius 1 is 0.970 bits per heavy atom. The van der Waals surface area contributed by atoms with Crippen molar-refractivity contribution in [1.82, 2.24) is 4.57 Å².